The SMILES string of the molecule is Cc1cc(N)nc(SCC(=O)NC(C)C2CC2)n1. The summed E-state index contributed by atoms with van der Waals surface area (Å²) in [4.78, 5) is 20.0. The fourth-order valence-corrected chi connectivity index (χ4v) is 2.49. The number of rotatable bonds is 5. The van der Waals surface area contributed by atoms with Crippen molar-refractivity contribution in [2.45, 2.75) is 37.9 Å². The number of aryl methyl sites for hydroxylation is 1. The maximum absolute atomic E-state index is 11.7. The van der Waals surface area contributed by atoms with Gasteiger partial charge in [-0.15, -0.1) is 0 Å². The molecule has 1 saturated carbocycles. The molecule has 5 nitrogen and oxygen atoms in total. The minimum Gasteiger partial charge on any atom is -0.384 e. The van der Waals surface area contributed by atoms with Gasteiger partial charge in [0.05, 0.1) is 5.75 Å². The second kappa shape index (κ2) is 5.56. The molecule has 0 saturated heterocycles. The lowest BCUT2D eigenvalue weighted by Gasteiger charge is -2.12. The maximum atomic E-state index is 11.7. The Morgan fingerprint density at radius 2 is 2.33 bits per heavy atom. The van der Waals surface area contributed by atoms with Gasteiger partial charge in [-0.2, -0.15) is 0 Å². The van der Waals surface area contributed by atoms with Gasteiger partial charge in [0.15, 0.2) is 5.16 Å². The Labute approximate surface area is 111 Å². The van der Waals surface area contributed by atoms with Crippen LogP contribution in [0.1, 0.15) is 25.5 Å². The largest absolute Gasteiger partial charge is 0.384 e. The molecule has 1 atom stereocenters. The molecule has 0 aromatic carbocycles. The van der Waals surface area contributed by atoms with E-state index in [1.165, 1.54) is 24.6 Å². The molecule has 1 aliphatic rings. The van der Waals surface area contributed by atoms with Crippen molar-refractivity contribution in [3.05, 3.63) is 11.8 Å². The van der Waals surface area contributed by atoms with Crippen LogP contribution in [0.2, 0.25) is 0 Å². The Balaban J connectivity index is 1.81. The van der Waals surface area contributed by atoms with Crippen LogP contribution in [0.3, 0.4) is 0 Å². The van der Waals surface area contributed by atoms with Crippen molar-refractivity contribution in [1.29, 1.82) is 0 Å². The number of amides is 1. The van der Waals surface area contributed by atoms with Crippen molar-refractivity contribution in [1.82, 2.24) is 15.3 Å². The average Bonchev–Trinajstić information content (AvgIpc) is 3.08. The lowest BCUT2D eigenvalue weighted by molar-refractivity contribution is -0.119. The van der Waals surface area contributed by atoms with Gasteiger partial charge in [0.2, 0.25) is 5.91 Å². The number of nitrogens with zero attached hydrogens (tertiary/aromatic N) is 2. The number of anilines is 1. The molecule has 98 valence electrons. The molecule has 18 heavy (non-hydrogen) atoms. The summed E-state index contributed by atoms with van der Waals surface area (Å²) in [6.45, 7) is 3.92. The number of nitrogens with one attached hydrogen (secondary N) is 1. The third-order valence-corrected chi connectivity index (χ3v) is 3.75. The Kier molecular flexibility index (Phi) is 4.06. The Hall–Kier alpha value is -1.30. The first kappa shape index (κ1) is 13.1. The Bertz CT molecular complexity index is 427. The third kappa shape index (κ3) is 3.87. The lowest BCUT2D eigenvalue weighted by Crippen LogP contribution is -2.35. The van der Waals surface area contributed by atoms with Crippen molar-refractivity contribution >= 4 is 23.5 Å². The highest BCUT2D eigenvalue weighted by molar-refractivity contribution is 7.99. The van der Waals surface area contributed by atoms with Crippen LogP contribution in [0.5, 0.6) is 0 Å². The number of carbonyl (C=O) groups is 1. The molecule has 6 heteroatoms. The zero-order valence-electron chi connectivity index (χ0n) is 10.6. The minimum absolute atomic E-state index is 0.0306. The van der Waals surface area contributed by atoms with Crippen LogP contribution in [0.4, 0.5) is 5.82 Å². The summed E-state index contributed by atoms with van der Waals surface area (Å²) < 4.78 is 0. The summed E-state index contributed by atoms with van der Waals surface area (Å²) in [5.41, 5.74) is 6.45. The summed E-state index contributed by atoms with van der Waals surface area (Å²) >= 11 is 1.32. The van der Waals surface area contributed by atoms with E-state index in [1.807, 2.05) is 6.92 Å². The minimum atomic E-state index is 0.0306. The smallest absolute Gasteiger partial charge is 0.230 e. The van der Waals surface area contributed by atoms with E-state index in [0.29, 0.717) is 22.6 Å². The van der Waals surface area contributed by atoms with Crippen molar-refractivity contribution in [2.24, 2.45) is 5.92 Å². The highest BCUT2D eigenvalue weighted by Crippen LogP contribution is 2.32. The molecule has 0 radical (unpaired) electrons. The summed E-state index contributed by atoms with van der Waals surface area (Å²) in [6, 6.07) is 1.99. The molecule has 1 aromatic rings. The summed E-state index contributed by atoms with van der Waals surface area (Å²) in [7, 11) is 0. The van der Waals surface area contributed by atoms with E-state index in [-0.39, 0.29) is 11.9 Å². The molecular formula is C12H18N4OS. The van der Waals surface area contributed by atoms with Crippen LogP contribution >= 0.6 is 11.8 Å². The van der Waals surface area contributed by atoms with E-state index in [4.69, 9.17) is 5.73 Å². The number of nitrogen functional groups attached to an aromatic ring is 1. The number of thioether (sulfide) groups is 1. The molecule has 1 aromatic heterocycles. The number of aromatic nitrogens is 2. The molecule has 0 bridgehead atoms. The molecule has 2 rings (SSSR count). The molecule has 3 N–H and O–H groups in total. The van der Waals surface area contributed by atoms with Gasteiger partial charge in [-0.25, -0.2) is 9.97 Å². The average molecular weight is 266 g/mol. The zero-order chi connectivity index (χ0) is 13.1. The molecule has 0 aliphatic heterocycles. The summed E-state index contributed by atoms with van der Waals surface area (Å²) in [5, 5.41) is 3.55. The molecule has 0 spiro atoms. The van der Waals surface area contributed by atoms with E-state index in [0.717, 1.165) is 5.69 Å². The Morgan fingerprint density at radius 1 is 1.61 bits per heavy atom. The fraction of sp³-hybridized carbons (Fsp3) is 0.583. The molecule has 1 unspecified atom stereocenters. The van der Waals surface area contributed by atoms with Crippen molar-refractivity contribution in [2.75, 3.05) is 11.5 Å². The molecular weight excluding hydrogens is 248 g/mol. The predicted octanol–water partition coefficient (Wildman–Crippen LogP) is 1.37. The van der Waals surface area contributed by atoms with Crippen LogP contribution in [-0.4, -0.2) is 27.7 Å². The van der Waals surface area contributed by atoms with E-state index in [1.54, 1.807) is 6.07 Å². The first-order chi connectivity index (χ1) is 8.54. The first-order valence-corrected chi connectivity index (χ1v) is 7.06. The van der Waals surface area contributed by atoms with E-state index in [2.05, 4.69) is 22.2 Å². The number of hydrogen-bond donors (Lipinski definition) is 2. The Morgan fingerprint density at radius 3 is 2.94 bits per heavy atom. The van der Waals surface area contributed by atoms with Gasteiger partial charge in [-0.3, -0.25) is 4.79 Å². The highest BCUT2D eigenvalue weighted by atomic mass is 32.2. The van der Waals surface area contributed by atoms with E-state index >= 15 is 0 Å². The van der Waals surface area contributed by atoms with Gasteiger partial charge in [0.1, 0.15) is 5.82 Å². The van der Waals surface area contributed by atoms with Crippen LogP contribution in [0.25, 0.3) is 0 Å². The van der Waals surface area contributed by atoms with Crippen molar-refractivity contribution < 1.29 is 4.79 Å². The van der Waals surface area contributed by atoms with Crippen LogP contribution in [0.15, 0.2) is 11.2 Å². The standard InChI is InChI=1S/C12H18N4OS/c1-7-5-10(13)16-12(14-7)18-6-11(17)15-8(2)9-3-4-9/h5,8-9H,3-4,6H2,1-2H3,(H,15,17)(H2,13,14,16). The second-order valence-corrected chi connectivity index (χ2v) is 5.64. The first-order valence-electron chi connectivity index (χ1n) is 6.08. The summed E-state index contributed by atoms with van der Waals surface area (Å²) in [6.07, 6.45) is 2.46. The fourth-order valence-electron chi connectivity index (χ4n) is 1.77. The van der Waals surface area contributed by atoms with Crippen molar-refractivity contribution in [3.63, 3.8) is 0 Å². The third-order valence-electron chi connectivity index (χ3n) is 2.90. The van der Waals surface area contributed by atoms with Gasteiger partial charge in [-0.1, -0.05) is 11.8 Å². The topological polar surface area (TPSA) is 80.9 Å². The highest BCUT2D eigenvalue weighted by Gasteiger charge is 2.28. The van der Waals surface area contributed by atoms with E-state index in [9.17, 15) is 4.79 Å². The van der Waals surface area contributed by atoms with Gasteiger partial charge >= 0.3 is 0 Å². The predicted molar refractivity (Wildman–Crippen MR) is 72.2 cm³/mol. The number of nitrogens with two attached hydrogens (primary N) is 1. The van der Waals surface area contributed by atoms with Crippen LogP contribution in [-0.2, 0) is 4.79 Å². The normalized spacial score (nSPS) is 16.3. The lowest BCUT2D eigenvalue weighted by atomic mass is 10.2. The number of hydrogen-bond acceptors (Lipinski definition) is 5. The molecule has 1 heterocycles. The quantitative estimate of drug-likeness (QED) is 0.621. The molecule has 1 aliphatic carbocycles. The van der Waals surface area contributed by atoms with Gasteiger partial charge < -0.3 is 11.1 Å². The van der Waals surface area contributed by atoms with Gasteiger partial charge in [0, 0.05) is 17.8 Å². The maximum Gasteiger partial charge on any atom is 0.230 e. The second-order valence-electron chi connectivity index (χ2n) is 4.70. The van der Waals surface area contributed by atoms with Gasteiger partial charge in [0.25, 0.3) is 0 Å². The van der Waals surface area contributed by atoms with E-state index < -0.39 is 0 Å². The number of carbonyl (C=O) groups excluding carboxylic acids is 1. The van der Waals surface area contributed by atoms with Crippen molar-refractivity contribution in [3.8, 4) is 0 Å². The van der Waals surface area contributed by atoms with Crippen LogP contribution in [0, 0.1) is 12.8 Å². The van der Waals surface area contributed by atoms with Crippen LogP contribution < -0.4 is 11.1 Å². The summed E-state index contributed by atoms with van der Waals surface area (Å²) in [5.74, 6) is 1.48. The zero-order valence-corrected chi connectivity index (χ0v) is 11.5. The molecule has 1 fully saturated rings. The van der Waals surface area contributed by atoms with Gasteiger partial charge in [-0.05, 0) is 32.6 Å². The monoisotopic (exact) mass is 266 g/mol. The molecule has 1 amide bonds.